The fraction of sp³-hybridized carbons (Fsp3) is 0.684. The van der Waals surface area contributed by atoms with Gasteiger partial charge in [0, 0.05) is 17.6 Å². The number of likely N-dealkylation sites (tertiary alicyclic amines) is 1. The fourth-order valence-electron chi connectivity index (χ4n) is 3.50. The van der Waals surface area contributed by atoms with Gasteiger partial charge in [-0.1, -0.05) is 30.3 Å². The average Bonchev–Trinajstić information content (AvgIpc) is 2.45. The molecule has 0 N–H and O–H groups in total. The molecule has 2 nitrogen and oxygen atoms in total. The van der Waals surface area contributed by atoms with E-state index < -0.39 is 0 Å². The number of hydrogen-bond acceptors (Lipinski definition) is 2. The SMILES string of the molecule is CN(C)[C@]1(CCc2ccccc2)CCCN(C(C)(C)C)C1. The zero-order valence-electron chi connectivity index (χ0n) is 14.5. The summed E-state index contributed by atoms with van der Waals surface area (Å²) >= 11 is 0. The third-order valence-electron chi connectivity index (χ3n) is 5.17. The van der Waals surface area contributed by atoms with E-state index in [9.17, 15) is 0 Å². The van der Waals surface area contributed by atoms with Crippen molar-refractivity contribution >= 4 is 0 Å². The molecule has 1 heterocycles. The largest absolute Gasteiger partial charge is 0.302 e. The number of benzene rings is 1. The zero-order chi connectivity index (χ0) is 15.5. The Hall–Kier alpha value is -0.860. The van der Waals surface area contributed by atoms with E-state index in [4.69, 9.17) is 0 Å². The minimum absolute atomic E-state index is 0.272. The Bertz CT molecular complexity index is 433. The van der Waals surface area contributed by atoms with Crippen LogP contribution in [0.15, 0.2) is 30.3 Å². The number of rotatable bonds is 4. The molecule has 0 saturated carbocycles. The van der Waals surface area contributed by atoms with Crippen molar-refractivity contribution in [2.45, 2.75) is 57.5 Å². The lowest BCUT2D eigenvalue weighted by Gasteiger charge is -2.51. The van der Waals surface area contributed by atoms with Crippen molar-refractivity contribution in [1.29, 1.82) is 0 Å². The van der Waals surface area contributed by atoms with Crippen LogP contribution in [0.5, 0.6) is 0 Å². The molecule has 1 atom stereocenters. The monoisotopic (exact) mass is 288 g/mol. The lowest BCUT2D eigenvalue weighted by atomic mass is 9.81. The Morgan fingerprint density at radius 2 is 1.81 bits per heavy atom. The molecule has 118 valence electrons. The van der Waals surface area contributed by atoms with Crippen molar-refractivity contribution < 1.29 is 0 Å². The van der Waals surface area contributed by atoms with Gasteiger partial charge in [0.05, 0.1) is 0 Å². The molecule has 1 fully saturated rings. The summed E-state index contributed by atoms with van der Waals surface area (Å²) < 4.78 is 0. The van der Waals surface area contributed by atoms with Crippen LogP contribution < -0.4 is 0 Å². The number of aryl methyl sites for hydroxylation is 1. The van der Waals surface area contributed by atoms with Crippen LogP contribution in [0.4, 0.5) is 0 Å². The summed E-state index contributed by atoms with van der Waals surface area (Å²) in [6, 6.07) is 10.9. The zero-order valence-corrected chi connectivity index (χ0v) is 14.5. The Labute approximate surface area is 131 Å². The van der Waals surface area contributed by atoms with Crippen LogP contribution in [0, 0.1) is 0 Å². The smallest absolute Gasteiger partial charge is 0.0334 e. The predicted octanol–water partition coefficient (Wildman–Crippen LogP) is 3.81. The van der Waals surface area contributed by atoms with Crippen LogP contribution in [0.3, 0.4) is 0 Å². The maximum atomic E-state index is 2.67. The third kappa shape index (κ3) is 4.08. The van der Waals surface area contributed by atoms with Gasteiger partial charge < -0.3 is 4.90 Å². The second-order valence-corrected chi connectivity index (χ2v) is 7.80. The number of piperidine rings is 1. The van der Waals surface area contributed by atoms with Crippen molar-refractivity contribution in [3.8, 4) is 0 Å². The van der Waals surface area contributed by atoms with Gasteiger partial charge in [0.1, 0.15) is 0 Å². The second-order valence-electron chi connectivity index (χ2n) is 7.80. The summed E-state index contributed by atoms with van der Waals surface area (Å²) in [6.07, 6.45) is 5.05. The van der Waals surface area contributed by atoms with Crippen molar-refractivity contribution in [1.82, 2.24) is 9.80 Å². The molecule has 0 amide bonds. The van der Waals surface area contributed by atoms with Gasteiger partial charge in [0.25, 0.3) is 0 Å². The van der Waals surface area contributed by atoms with Crippen LogP contribution in [-0.2, 0) is 6.42 Å². The summed E-state index contributed by atoms with van der Waals surface area (Å²) in [5.74, 6) is 0. The molecule has 21 heavy (non-hydrogen) atoms. The van der Waals surface area contributed by atoms with Gasteiger partial charge in [-0.3, -0.25) is 4.90 Å². The molecule has 1 aromatic rings. The highest BCUT2D eigenvalue weighted by molar-refractivity contribution is 5.15. The standard InChI is InChI=1S/C19H32N2/c1-18(2,3)21-15-9-13-19(16-21,20(4)5)14-12-17-10-7-6-8-11-17/h6-8,10-11H,9,12-16H2,1-5H3/t19-/m0/s1. The Morgan fingerprint density at radius 3 is 2.38 bits per heavy atom. The number of likely N-dealkylation sites (N-methyl/N-ethyl adjacent to an activating group) is 1. The summed E-state index contributed by atoms with van der Waals surface area (Å²) in [4.78, 5) is 5.15. The lowest BCUT2D eigenvalue weighted by molar-refractivity contribution is -0.00392. The van der Waals surface area contributed by atoms with Crippen LogP contribution in [0.25, 0.3) is 0 Å². The van der Waals surface area contributed by atoms with E-state index in [1.807, 2.05) is 0 Å². The highest BCUT2D eigenvalue weighted by Gasteiger charge is 2.39. The van der Waals surface area contributed by atoms with Crippen LogP contribution in [0.2, 0.25) is 0 Å². The molecular weight excluding hydrogens is 256 g/mol. The molecular formula is C19H32N2. The molecule has 1 aliphatic heterocycles. The van der Waals surface area contributed by atoms with Crippen LogP contribution >= 0.6 is 0 Å². The first-order chi connectivity index (χ1) is 9.83. The molecule has 1 aliphatic rings. The third-order valence-corrected chi connectivity index (χ3v) is 5.17. The topological polar surface area (TPSA) is 6.48 Å². The van der Waals surface area contributed by atoms with E-state index >= 15 is 0 Å². The van der Waals surface area contributed by atoms with Gasteiger partial charge in [-0.2, -0.15) is 0 Å². The first kappa shape index (κ1) is 16.5. The van der Waals surface area contributed by atoms with Crippen LogP contribution in [0.1, 0.15) is 45.6 Å². The van der Waals surface area contributed by atoms with Gasteiger partial charge in [-0.15, -0.1) is 0 Å². The molecule has 0 unspecified atom stereocenters. The van der Waals surface area contributed by atoms with Crippen molar-refractivity contribution in [2.24, 2.45) is 0 Å². The molecule has 1 saturated heterocycles. The summed E-state index contributed by atoms with van der Waals surface area (Å²) in [5.41, 5.74) is 2.06. The van der Waals surface area contributed by atoms with Gasteiger partial charge in [0.15, 0.2) is 0 Å². The molecule has 2 heteroatoms. The first-order valence-electron chi connectivity index (χ1n) is 8.30. The summed E-state index contributed by atoms with van der Waals surface area (Å²) in [7, 11) is 4.52. The molecule has 0 aromatic heterocycles. The van der Waals surface area contributed by atoms with E-state index in [1.54, 1.807) is 0 Å². The highest BCUT2D eigenvalue weighted by atomic mass is 15.3. The van der Waals surface area contributed by atoms with Crippen LogP contribution in [-0.4, -0.2) is 48.1 Å². The van der Waals surface area contributed by atoms with E-state index in [0.717, 1.165) is 0 Å². The minimum atomic E-state index is 0.272. The van der Waals surface area contributed by atoms with E-state index in [0.29, 0.717) is 5.54 Å². The van der Waals surface area contributed by atoms with E-state index in [-0.39, 0.29) is 5.54 Å². The summed E-state index contributed by atoms with van der Waals surface area (Å²) in [5, 5.41) is 0. The van der Waals surface area contributed by atoms with Gasteiger partial charge in [-0.05, 0) is 72.7 Å². The maximum Gasteiger partial charge on any atom is 0.0334 e. The summed E-state index contributed by atoms with van der Waals surface area (Å²) in [6.45, 7) is 9.46. The Morgan fingerprint density at radius 1 is 1.14 bits per heavy atom. The van der Waals surface area contributed by atoms with E-state index in [1.165, 1.54) is 44.3 Å². The van der Waals surface area contributed by atoms with Gasteiger partial charge >= 0.3 is 0 Å². The highest BCUT2D eigenvalue weighted by Crippen LogP contribution is 2.33. The molecule has 1 aromatic carbocycles. The quantitative estimate of drug-likeness (QED) is 0.831. The Kier molecular flexibility index (Phi) is 5.11. The Balaban J connectivity index is 2.09. The molecule has 0 radical (unpaired) electrons. The van der Waals surface area contributed by atoms with Crippen molar-refractivity contribution in [3.05, 3.63) is 35.9 Å². The number of nitrogens with zero attached hydrogens (tertiary/aromatic N) is 2. The van der Waals surface area contributed by atoms with Crippen molar-refractivity contribution in [2.75, 3.05) is 27.2 Å². The fourth-order valence-corrected chi connectivity index (χ4v) is 3.50. The second kappa shape index (κ2) is 6.50. The maximum absolute atomic E-state index is 2.67. The predicted molar refractivity (Wildman–Crippen MR) is 91.7 cm³/mol. The lowest BCUT2D eigenvalue weighted by Crippen LogP contribution is -2.60. The molecule has 0 bridgehead atoms. The first-order valence-corrected chi connectivity index (χ1v) is 8.30. The molecule has 0 spiro atoms. The average molecular weight is 288 g/mol. The molecule has 2 rings (SSSR count). The normalized spacial score (nSPS) is 24.5. The van der Waals surface area contributed by atoms with Crippen molar-refractivity contribution in [3.63, 3.8) is 0 Å². The minimum Gasteiger partial charge on any atom is -0.302 e. The number of hydrogen-bond donors (Lipinski definition) is 0. The van der Waals surface area contributed by atoms with Gasteiger partial charge in [-0.25, -0.2) is 0 Å². The van der Waals surface area contributed by atoms with E-state index in [2.05, 4.69) is 75.0 Å². The van der Waals surface area contributed by atoms with Gasteiger partial charge in [0.2, 0.25) is 0 Å². The molecule has 0 aliphatic carbocycles.